The van der Waals surface area contributed by atoms with Crippen molar-refractivity contribution in [2.75, 3.05) is 5.32 Å². The maximum Gasteiger partial charge on any atom is 0.573 e. The minimum Gasteiger partial charge on any atom is -0.406 e. The smallest absolute Gasteiger partial charge is 0.406 e. The molecule has 4 rings (SSSR count). The van der Waals surface area contributed by atoms with Gasteiger partial charge >= 0.3 is 6.36 Å². The van der Waals surface area contributed by atoms with Crippen LogP contribution in [-0.2, 0) is 0 Å². The number of carbonyl (C=O) groups is 1. The number of ether oxygens (including phenoxy) is 1. The SMILES string of the molecule is C[C@H](C[C@H]1CC[C@H](n2cc(C(N)=O)c(Nc3ccc(OC(F)(F)F)cc3)n2)[C@@H](C#N)C1)C1CC1. The molecule has 34 heavy (non-hydrogen) atoms. The first-order chi connectivity index (χ1) is 16.1. The van der Waals surface area contributed by atoms with Crippen molar-refractivity contribution in [1.29, 1.82) is 5.26 Å². The molecule has 3 N–H and O–H groups in total. The fraction of sp³-hybridized carbons (Fsp3) is 0.542. The molecule has 10 heteroatoms. The second kappa shape index (κ2) is 9.57. The van der Waals surface area contributed by atoms with Crippen LogP contribution in [0.1, 0.15) is 61.8 Å². The van der Waals surface area contributed by atoms with E-state index in [1.165, 1.54) is 25.0 Å². The summed E-state index contributed by atoms with van der Waals surface area (Å²) in [6, 6.07) is 7.34. The monoisotopic (exact) mass is 475 g/mol. The maximum absolute atomic E-state index is 12.4. The van der Waals surface area contributed by atoms with Crippen LogP contribution in [0, 0.1) is 35.0 Å². The lowest BCUT2D eigenvalue weighted by atomic mass is 9.75. The Morgan fingerprint density at radius 2 is 2.00 bits per heavy atom. The Morgan fingerprint density at radius 3 is 2.59 bits per heavy atom. The summed E-state index contributed by atoms with van der Waals surface area (Å²) in [6.07, 6.45) is 3.12. The van der Waals surface area contributed by atoms with E-state index in [1.807, 2.05) is 0 Å². The zero-order valence-corrected chi connectivity index (χ0v) is 18.9. The number of benzene rings is 1. The van der Waals surface area contributed by atoms with Gasteiger partial charge in [-0.05, 0) is 80.5 Å². The normalized spacial score (nSPS) is 23.7. The highest BCUT2D eigenvalue weighted by Gasteiger charge is 2.36. The third-order valence-corrected chi connectivity index (χ3v) is 6.91. The number of primary amides is 1. The van der Waals surface area contributed by atoms with E-state index in [0.717, 1.165) is 43.7 Å². The van der Waals surface area contributed by atoms with Crippen molar-refractivity contribution in [3.8, 4) is 11.8 Å². The Hall–Kier alpha value is -3.22. The molecule has 2 aliphatic carbocycles. The van der Waals surface area contributed by atoms with Gasteiger partial charge in [-0.2, -0.15) is 10.4 Å². The van der Waals surface area contributed by atoms with Gasteiger partial charge in [-0.25, -0.2) is 0 Å². The standard InChI is InChI=1S/C24H28F3N5O2/c1-14(16-3-4-16)10-15-2-9-21(17(11-15)12-28)32-13-20(22(29)33)23(31-32)30-18-5-7-19(8-6-18)34-24(25,26)27/h5-8,13-17,21H,2-4,9-11H2,1H3,(H2,29,33)(H,30,31)/t14-,15-,17-,21+/m1/s1. The summed E-state index contributed by atoms with van der Waals surface area (Å²) in [4.78, 5) is 12.0. The van der Waals surface area contributed by atoms with Gasteiger partial charge in [0.2, 0.25) is 0 Å². The Bertz CT molecular complexity index is 1060. The first-order valence-electron chi connectivity index (χ1n) is 11.5. The van der Waals surface area contributed by atoms with E-state index in [2.05, 4.69) is 28.1 Å². The molecule has 7 nitrogen and oxygen atoms in total. The number of nitrogens with zero attached hydrogens (tertiary/aromatic N) is 3. The minimum atomic E-state index is -4.78. The highest BCUT2D eigenvalue weighted by molar-refractivity contribution is 5.98. The Labute approximate surface area is 196 Å². The molecule has 1 aromatic heterocycles. The molecule has 0 bridgehead atoms. The number of aromatic nitrogens is 2. The third-order valence-electron chi connectivity index (χ3n) is 6.91. The second-order valence-corrected chi connectivity index (χ2v) is 9.47. The number of nitrogens with two attached hydrogens (primary N) is 1. The summed E-state index contributed by atoms with van der Waals surface area (Å²) in [5.74, 6) is 0.962. The van der Waals surface area contributed by atoms with Crippen molar-refractivity contribution in [1.82, 2.24) is 9.78 Å². The lowest BCUT2D eigenvalue weighted by Crippen LogP contribution is -2.28. The Morgan fingerprint density at radius 1 is 1.29 bits per heavy atom. The molecule has 2 aromatic rings. The summed E-state index contributed by atoms with van der Waals surface area (Å²) in [6.45, 7) is 2.30. The van der Waals surface area contributed by atoms with Gasteiger partial charge in [0.1, 0.15) is 11.3 Å². The first kappa shape index (κ1) is 23.9. The van der Waals surface area contributed by atoms with Crippen molar-refractivity contribution in [3.63, 3.8) is 0 Å². The molecule has 0 spiro atoms. The van der Waals surface area contributed by atoms with Gasteiger partial charge in [-0.1, -0.05) is 6.92 Å². The van der Waals surface area contributed by atoms with Crippen LogP contribution in [0.3, 0.4) is 0 Å². The summed E-state index contributed by atoms with van der Waals surface area (Å²) >= 11 is 0. The van der Waals surface area contributed by atoms with Crippen molar-refractivity contribution in [2.24, 2.45) is 29.4 Å². The van der Waals surface area contributed by atoms with Crippen molar-refractivity contribution in [3.05, 3.63) is 36.0 Å². The Balaban J connectivity index is 1.47. The molecular weight excluding hydrogens is 447 g/mol. The lowest BCUT2D eigenvalue weighted by molar-refractivity contribution is -0.274. The van der Waals surface area contributed by atoms with Crippen LogP contribution in [-0.4, -0.2) is 22.1 Å². The van der Waals surface area contributed by atoms with Gasteiger partial charge in [0.05, 0.1) is 18.0 Å². The van der Waals surface area contributed by atoms with E-state index in [9.17, 15) is 23.2 Å². The van der Waals surface area contributed by atoms with Gasteiger partial charge in [0, 0.05) is 11.9 Å². The topological polar surface area (TPSA) is 106 Å². The molecule has 0 aliphatic heterocycles. The highest BCUT2D eigenvalue weighted by Crippen LogP contribution is 2.44. The average Bonchev–Trinajstić information content (AvgIpc) is 3.54. The number of amides is 1. The molecule has 4 atom stereocenters. The zero-order valence-electron chi connectivity index (χ0n) is 18.9. The van der Waals surface area contributed by atoms with Gasteiger partial charge in [-0.15, -0.1) is 13.2 Å². The van der Waals surface area contributed by atoms with Crippen molar-refractivity contribution >= 4 is 17.4 Å². The van der Waals surface area contributed by atoms with Crippen LogP contribution >= 0.6 is 0 Å². The minimum absolute atomic E-state index is 0.150. The number of hydrogen-bond acceptors (Lipinski definition) is 5. The summed E-state index contributed by atoms with van der Waals surface area (Å²) < 4.78 is 42.6. The van der Waals surface area contributed by atoms with Crippen LogP contribution in [0.4, 0.5) is 24.7 Å². The van der Waals surface area contributed by atoms with Gasteiger partial charge in [0.15, 0.2) is 5.82 Å². The predicted molar refractivity (Wildman–Crippen MR) is 119 cm³/mol. The van der Waals surface area contributed by atoms with Crippen LogP contribution in [0.5, 0.6) is 5.75 Å². The predicted octanol–water partition coefficient (Wildman–Crippen LogP) is 5.54. The number of halogens is 3. The quantitative estimate of drug-likeness (QED) is 0.521. The molecule has 0 saturated heterocycles. The molecule has 0 unspecified atom stereocenters. The van der Waals surface area contributed by atoms with Crippen molar-refractivity contribution in [2.45, 2.75) is 57.9 Å². The fourth-order valence-electron chi connectivity index (χ4n) is 5.01. The molecule has 0 radical (unpaired) electrons. The molecule has 2 aliphatic rings. The molecule has 182 valence electrons. The largest absolute Gasteiger partial charge is 0.573 e. The summed E-state index contributed by atoms with van der Waals surface area (Å²) in [5, 5.41) is 17.3. The average molecular weight is 476 g/mol. The molecule has 2 fully saturated rings. The number of rotatable bonds is 8. The molecular formula is C24H28F3N5O2. The van der Waals surface area contributed by atoms with Crippen LogP contribution in [0.25, 0.3) is 0 Å². The fourth-order valence-corrected chi connectivity index (χ4v) is 5.01. The number of carbonyl (C=O) groups excluding carboxylic acids is 1. The van der Waals surface area contributed by atoms with Gasteiger partial charge in [0.25, 0.3) is 5.91 Å². The maximum atomic E-state index is 12.4. The van der Waals surface area contributed by atoms with E-state index in [0.29, 0.717) is 17.5 Å². The van der Waals surface area contributed by atoms with Crippen LogP contribution in [0.15, 0.2) is 30.5 Å². The van der Waals surface area contributed by atoms with E-state index < -0.39 is 12.3 Å². The third kappa shape index (κ3) is 5.82. The lowest BCUT2D eigenvalue weighted by Gasteiger charge is -2.33. The number of anilines is 2. The second-order valence-electron chi connectivity index (χ2n) is 9.47. The molecule has 1 amide bonds. The van der Waals surface area contributed by atoms with E-state index in [4.69, 9.17) is 5.73 Å². The van der Waals surface area contributed by atoms with Crippen LogP contribution < -0.4 is 15.8 Å². The number of nitrogens with one attached hydrogen (secondary N) is 1. The first-order valence-corrected chi connectivity index (χ1v) is 11.5. The summed E-state index contributed by atoms with van der Waals surface area (Å²) in [5.41, 5.74) is 6.10. The Kier molecular flexibility index (Phi) is 6.73. The van der Waals surface area contributed by atoms with E-state index in [1.54, 1.807) is 10.9 Å². The van der Waals surface area contributed by atoms with E-state index in [-0.39, 0.29) is 29.1 Å². The number of hydrogen-bond donors (Lipinski definition) is 2. The number of nitriles is 1. The van der Waals surface area contributed by atoms with E-state index >= 15 is 0 Å². The number of alkyl halides is 3. The molecule has 1 heterocycles. The van der Waals surface area contributed by atoms with Gasteiger partial charge in [-0.3, -0.25) is 9.48 Å². The van der Waals surface area contributed by atoms with Crippen molar-refractivity contribution < 1.29 is 22.7 Å². The zero-order chi connectivity index (χ0) is 24.5. The molecule has 1 aromatic carbocycles. The van der Waals surface area contributed by atoms with Gasteiger partial charge < -0.3 is 15.8 Å². The van der Waals surface area contributed by atoms with Crippen LogP contribution in [0.2, 0.25) is 0 Å². The molecule has 2 saturated carbocycles. The summed E-state index contributed by atoms with van der Waals surface area (Å²) in [7, 11) is 0. The highest BCUT2D eigenvalue weighted by atomic mass is 19.4.